The van der Waals surface area contributed by atoms with Crippen LogP contribution in [0.3, 0.4) is 0 Å². The second kappa shape index (κ2) is 8.47. The lowest BCUT2D eigenvalue weighted by Gasteiger charge is -2.36. The van der Waals surface area contributed by atoms with Gasteiger partial charge in [-0.15, -0.1) is 0 Å². The normalized spacial score (nSPS) is 22.9. The summed E-state index contributed by atoms with van der Waals surface area (Å²) in [5.41, 5.74) is 2.20. The fourth-order valence-corrected chi connectivity index (χ4v) is 5.13. The van der Waals surface area contributed by atoms with Crippen LogP contribution >= 0.6 is 0 Å². The number of hydrogen-bond donors (Lipinski definition) is 1. The van der Waals surface area contributed by atoms with E-state index in [1.165, 1.54) is 8.61 Å². The van der Waals surface area contributed by atoms with Crippen molar-refractivity contribution in [3.05, 3.63) is 35.4 Å². The van der Waals surface area contributed by atoms with Crippen molar-refractivity contribution in [2.75, 3.05) is 39.4 Å². The summed E-state index contributed by atoms with van der Waals surface area (Å²) in [6.45, 7) is 4.81. The smallest absolute Gasteiger partial charge is 0.282 e. The van der Waals surface area contributed by atoms with E-state index in [1.54, 1.807) is 0 Å². The number of piperidine rings is 1. The van der Waals surface area contributed by atoms with Gasteiger partial charge in [0, 0.05) is 32.7 Å². The number of amides is 1. The second-order valence-electron chi connectivity index (χ2n) is 6.92. The summed E-state index contributed by atoms with van der Waals surface area (Å²) < 4.78 is 33.7. The Labute approximate surface area is 155 Å². The van der Waals surface area contributed by atoms with Gasteiger partial charge in [0.1, 0.15) is 0 Å². The van der Waals surface area contributed by atoms with Gasteiger partial charge in [-0.25, -0.2) is 0 Å². The van der Waals surface area contributed by atoms with Gasteiger partial charge in [-0.05, 0) is 25.3 Å². The largest absolute Gasteiger partial charge is 0.379 e. The summed E-state index contributed by atoms with van der Waals surface area (Å²) in [5.74, 6) is -0.377. The average Bonchev–Trinajstić information content (AvgIpc) is 2.67. The van der Waals surface area contributed by atoms with Gasteiger partial charge in [-0.3, -0.25) is 4.79 Å². The molecule has 0 spiro atoms. The van der Waals surface area contributed by atoms with Crippen molar-refractivity contribution < 1.29 is 17.9 Å². The number of carbonyl (C=O) groups excluding carboxylic acids is 1. The Bertz CT molecular complexity index is 732. The van der Waals surface area contributed by atoms with Gasteiger partial charge >= 0.3 is 0 Å². The van der Waals surface area contributed by atoms with Crippen LogP contribution < -0.4 is 5.32 Å². The van der Waals surface area contributed by atoms with Gasteiger partial charge in [0.15, 0.2) is 0 Å². The molecule has 1 aromatic carbocycles. The number of rotatable bonds is 5. The zero-order valence-corrected chi connectivity index (χ0v) is 16.0. The molecule has 1 unspecified atom stereocenters. The van der Waals surface area contributed by atoms with Crippen LogP contribution in [-0.4, -0.2) is 62.3 Å². The maximum atomic E-state index is 12.8. The summed E-state index contributed by atoms with van der Waals surface area (Å²) in [5, 5.41) is 2.95. The highest BCUT2D eigenvalue weighted by Gasteiger charge is 2.36. The zero-order valence-electron chi connectivity index (χ0n) is 15.2. The molecule has 1 atom stereocenters. The first kappa shape index (κ1) is 19.3. The van der Waals surface area contributed by atoms with Crippen molar-refractivity contribution in [3.8, 4) is 0 Å². The molecule has 0 aromatic heterocycles. The number of aryl methyl sites for hydroxylation is 1. The molecule has 0 aliphatic carbocycles. The Hall–Kier alpha value is -1.48. The third-order valence-corrected chi connectivity index (χ3v) is 6.93. The lowest BCUT2D eigenvalue weighted by atomic mass is 9.98. The highest BCUT2D eigenvalue weighted by molar-refractivity contribution is 7.86. The highest BCUT2D eigenvalue weighted by Crippen LogP contribution is 2.22. The molecule has 26 heavy (non-hydrogen) atoms. The van der Waals surface area contributed by atoms with Gasteiger partial charge in [0.25, 0.3) is 10.2 Å². The quantitative estimate of drug-likeness (QED) is 0.822. The molecule has 8 heteroatoms. The highest BCUT2D eigenvalue weighted by atomic mass is 32.2. The van der Waals surface area contributed by atoms with Crippen LogP contribution in [0, 0.1) is 12.8 Å². The van der Waals surface area contributed by atoms with E-state index >= 15 is 0 Å². The maximum Gasteiger partial charge on any atom is 0.282 e. The van der Waals surface area contributed by atoms with E-state index in [1.807, 2.05) is 31.2 Å². The van der Waals surface area contributed by atoms with Gasteiger partial charge in [0.05, 0.1) is 19.1 Å². The number of nitrogens with one attached hydrogen (secondary N) is 1. The first-order valence-electron chi connectivity index (χ1n) is 9.13. The van der Waals surface area contributed by atoms with Crippen LogP contribution in [0.15, 0.2) is 24.3 Å². The summed E-state index contributed by atoms with van der Waals surface area (Å²) in [4.78, 5) is 12.5. The lowest BCUT2D eigenvalue weighted by Crippen LogP contribution is -2.52. The third-order valence-electron chi connectivity index (χ3n) is 4.93. The number of morpholine rings is 1. The lowest BCUT2D eigenvalue weighted by molar-refractivity contribution is -0.126. The van der Waals surface area contributed by atoms with Gasteiger partial charge < -0.3 is 10.1 Å². The van der Waals surface area contributed by atoms with E-state index in [9.17, 15) is 13.2 Å². The van der Waals surface area contributed by atoms with Crippen LogP contribution in [0.4, 0.5) is 0 Å². The summed E-state index contributed by atoms with van der Waals surface area (Å²) in [6, 6.07) is 7.99. The molecule has 0 bridgehead atoms. The maximum absolute atomic E-state index is 12.8. The molecule has 2 aliphatic heterocycles. The number of nitrogens with zero attached hydrogens (tertiary/aromatic N) is 2. The van der Waals surface area contributed by atoms with E-state index in [0.29, 0.717) is 45.8 Å². The summed E-state index contributed by atoms with van der Waals surface area (Å²) in [7, 11) is -3.52. The van der Waals surface area contributed by atoms with Gasteiger partial charge in [0.2, 0.25) is 5.91 Å². The molecule has 144 valence electrons. The van der Waals surface area contributed by atoms with Crippen molar-refractivity contribution in [1.29, 1.82) is 0 Å². The molecule has 2 aliphatic rings. The van der Waals surface area contributed by atoms with Crippen LogP contribution in [0.1, 0.15) is 24.0 Å². The minimum Gasteiger partial charge on any atom is -0.379 e. The van der Waals surface area contributed by atoms with E-state index in [-0.39, 0.29) is 18.4 Å². The Balaban J connectivity index is 1.58. The topological polar surface area (TPSA) is 79.0 Å². The summed E-state index contributed by atoms with van der Waals surface area (Å²) in [6.07, 6.45) is 1.42. The van der Waals surface area contributed by atoms with Crippen molar-refractivity contribution in [1.82, 2.24) is 13.9 Å². The zero-order chi connectivity index (χ0) is 18.6. The molecule has 1 amide bonds. The van der Waals surface area contributed by atoms with Gasteiger partial charge in [-0.1, -0.05) is 29.8 Å². The molecule has 3 rings (SSSR count). The Morgan fingerprint density at radius 2 is 2.00 bits per heavy atom. The van der Waals surface area contributed by atoms with E-state index < -0.39 is 10.2 Å². The molecule has 2 heterocycles. The average molecular weight is 381 g/mol. The molecule has 1 aromatic rings. The van der Waals surface area contributed by atoms with Crippen molar-refractivity contribution in [2.45, 2.75) is 26.3 Å². The minimum absolute atomic E-state index is 0.0756. The molecule has 2 saturated heterocycles. The monoisotopic (exact) mass is 381 g/mol. The molecular weight excluding hydrogens is 354 g/mol. The number of benzene rings is 1. The van der Waals surface area contributed by atoms with Crippen molar-refractivity contribution in [3.63, 3.8) is 0 Å². The fraction of sp³-hybridized carbons (Fsp3) is 0.611. The Kier molecular flexibility index (Phi) is 6.29. The molecule has 7 nitrogen and oxygen atoms in total. The molecule has 2 fully saturated rings. The van der Waals surface area contributed by atoms with Crippen molar-refractivity contribution in [2.24, 2.45) is 5.92 Å². The van der Waals surface area contributed by atoms with Crippen molar-refractivity contribution >= 4 is 16.1 Å². The number of carbonyl (C=O) groups is 1. The fourth-order valence-electron chi connectivity index (χ4n) is 3.46. The summed E-state index contributed by atoms with van der Waals surface area (Å²) >= 11 is 0. The van der Waals surface area contributed by atoms with Crippen LogP contribution in [0.2, 0.25) is 0 Å². The third kappa shape index (κ3) is 4.62. The van der Waals surface area contributed by atoms with Crippen LogP contribution in [0.5, 0.6) is 0 Å². The molecule has 0 radical (unpaired) electrons. The van der Waals surface area contributed by atoms with E-state index in [4.69, 9.17) is 4.74 Å². The molecule has 0 saturated carbocycles. The first-order valence-corrected chi connectivity index (χ1v) is 10.5. The standard InChI is InChI=1S/C18H27N3O4S/c1-15-4-2-5-16(12-15)13-19-18(22)17-6-3-7-21(14-17)26(23,24)20-8-10-25-11-9-20/h2,4-5,12,17H,3,6-11,13-14H2,1H3,(H,19,22). The molecular formula is C18H27N3O4S. The number of ether oxygens (including phenoxy) is 1. The Morgan fingerprint density at radius 3 is 2.73 bits per heavy atom. The number of hydrogen-bond acceptors (Lipinski definition) is 4. The van der Waals surface area contributed by atoms with Crippen LogP contribution in [0.25, 0.3) is 0 Å². The van der Waals surface area contributed by atoms with E-state index in [0.717, 1.165) is 17.5 Å². The minimum atomic E-state index is -3.52. The molecule has 1 N–H and O–H groups in total. The van der Waals surface area contributed by atoms with E-state index in [2.05, 4.69) is 5.32 Å². The SMILES string of the molecule is Cc1cccc(CNC(=O)C2CCCN(S(=O)(=O)N3CCOCC3)C2)c1. The second-order valence-corrected chi connectivity index (χ2v) is 8.85. The first-order chi connectivity index (χ1) is 12.5. The van der Waals surface area contributed by atoms with Gasteiger partial charge in [-0.2, -0.15) is 17.0 Å². The predicted octanol–water partition coefficient (Wildman–Crippen LogP) is 0.900. The van der Waals surface area contributed by atoms with Crippen LogP contribution in [-0.2, 0) is 26.3 Å². The Morgan fingerprint density at radius 1 is 1.23 bits per heavy atom. The predicted molar refractivity (Wildman–Crippen MR) is 98.6 cm³/mol.